The second-order valence-electron chi connectivity index (χ2n) is 5.84. The second kappa shape index (κ2) is 8.47. The Morgan fingerprint density at radius 1 is 1.00 bits per heavy atom. The quantitative estimate of drug-likeness (QED) is 0.777. The Kier molecular flexibility index (Phi) is 6.33. The van der Waals surface area contributed by atoms with E-state index >= 15 is 0 Å². The van der Waals surface area contributed by atoms with Gasteiger partial charge in [0.2, 0.25) is 6.54 Å². The number of nitrogens with one attached hydrogen (secondary N) is 1. The van der Waals surface area contributed by atoms with E-state index in [4.69, 9.17) is 0 Å². The number of carbonyl (C=O) groups excluding carboxylic acids is 1. The van der Waals surface area contributed by atoms with E-state index in [0.29, 0.717) is 6.54 Å². The van der Waals surface area contributed by atoms with Crippen molar-refractivity contribution in [1.29, 1.82) is 0 Å². The molecule has 3 heteroatoms. The molecule has 0 fully saturated rings. The van der Waals surface area contributed by atoms with Crippen molar-refractivity contribution in [3.8, 4) is 0 Å². The van der Waals surface area contributed by atoms with Gasteiger partial charge in [0.1, 0.15) is 0 Å². The summed E-state index contributed by atoms with van der Waals surface area (Å²) in [5.74, 6) is 0.0221. The van der Waals surface area contributed by atoms with E-state index in [-0.39, 0.29) is 5.91 Å². The number of carbonyl (C=O) groups is 1. The summed E-state index contributed by atoms with van der Waals surface area (Å²) in [6.07, 6.45) is 8.02. The van der Waals surface area contributed by atoms with Gasteiger partial charge in [-0.2, -0.15) is 4.57 Å². The molecule has 0 radical (unpaired) electrons. The summed E-state index contributed by atoms with van der Waals surface area (Å²) < 4.78 is 1.93. The van der Waals surface area contributed by atoms with Crippen molar-refractivity contribution in [1.82, 2.24) is 0 Å². The summed E-state index contributed by atoms with van der Waals surface area (Å²) in [6.45, 7) is 6.75. The van der Waals surface area contributed by atoms with Gasteiger partial charge in [0.25, 0.3) is 5.91 Å². The summed E-state index contributed by atoms with van der Waals surface area (Å²) in [6, 6.07) is 10.4. The van der Waals surface area contributed by atoms with Crippen LogP contribution in [0, 0.1) is 0 Å². The minimum Gasteiger partial charge on any atom is -0.320 e. The van der Waals surface area contributed by atoms with E-state index < -0.39 is 0 Å². The molecule has 1 aromatic heterocycles. The average Bonchev–Trinajstić information content (AvgIpc) is 2.57. The highest BCUT2D eigenvalue weighted by atomic mass is 16.1. The number of benzene rings is 1. The molecule has 0 aliphatic carbocycles. The molecule has 0 unspecified atom stereocenters. The van der Waals surface area contributed by atoms with Crippen molar-refractivity contribution in [2.75, 3.05) is 5.32 Å². The highest BCUT2D eigenvalue weighted by Gasteiger charge is 2.13. The van der Waals surface area contributed by atoms with E-state index in [1.165, 1.54) is 16.7 Å². The number of rotatable bonds is 7. The van der Waals surface area contributed by atoms with E-state index in [0.717, 1.165) is 31.4 Å². The van der Waals surface area contributed by atoms with Crippen molar-refractivity contribution in [3.05, 3.63) is 59.4 Å². The maximum absolute atomic E-state index is 12.4. The zero-order valence-electron chi connectivity index (χ0n) is 14.4. The van der Waals surface area contributed by atoms with Crippen LogP contribution in [-0.4, -0.2) is 5.91 Å². The normalized spacial score (nSPS) is 10.6. The monoisotopic (exact) mass is 311 g/mol. The molecule has 0 bridgehead atoms. The van der Waals surface area contributed by atoms with Crippen LogP contribution >= 0.6 is 0 Å². The molecule has 0 aliphatic rings. The first-order valence-electron chi connectivity index (χ1n) is 8.56. The van der Waals surface area contributed by atoms with E-state index in [1.54, 1.807) is 0 Å². The zero-order valence-corrected chi connectivity index (χ0v) is 14.4. The molecule has 0 saturated heterocycles. The van der Waals surface area contributed by atoms with Gasteiger partial charge in [-0.15, -0.1) is 0 Å². The number of hydrogen-bond donors (Lipinski definition) is 1. The predicted octanol–water partition coefficient (Wildman–Crippen LogP) is 3.69. The lowest BCUT2D eigenvalue weighted by Crippen LogP contribution is -2.39. The van der Waals surface area contributed by atoms with Gasteiger partial charge in [-0.05, 0) is 36.0 Å². The number of aromatic nitrogens is 1. The van der Waals surface area contributed by atoms with Crippen LogP contribution in [-0.2, 0) is 30.6 Å². The Morgan fingerprint density at radius 3 is 2.13 bits per heavy atom. The number of nitrogens with zero attached hydrogens (tertiary/aromatic N) is 1. The van der Waals surface area contributed by atoms with Crippen molar-refractivity contribution in [2.24, 2.45) is 0 Å². The molecule has 23 heavy (non-hydrogen) atoms. The Hall–Kier alpha value is -2.16. The zero-order chi connectivity index (χ0) is 16.7. The molecule has 1 amide bonds. The smallest absolute Gasteiger partial charge is 0.290 e. The fourth-order valence-electron chi connectivity index (χ4n) is 2.80. The number of hydrogen-bond acceptors (Lipinski definition) is 1. The molecule has 0 saturated carbocycles. The SMILES string of the molecule is CCCc1cc[n+](CC(=O)Nc2c(CC)cccc2CC)cc1. The van der Waals surface area contributed by atoms with Crippen LogP contribution in [0.5, 0.6) is 0 Å². The van der Waals surface area contributed by atoms with Crippen LogP contribution in [0.4, 0.5) is 5.69 Å². The molecular formula is C20H27N2O+. The Balaban J connectivity index is 2.07. The molecule has 2 aromatic rings. The van der Waals surface area contributed by atoms with Crippen molar-refractivity contribution in [2.45, 2.75) is 53.0 Å². The molecule has 0 atom stereocenters. The third kappa shape index (κ3) is 4.65. The second-order valence-corrected chi connectivity index (χ2v) is 5.84. The molecule has 1 heterocycles. The minimum absolute atomic E-state index is 0.0221. The highest BCUT2D eigenvalue weighted by molar-refractivity contribution is 5.91. The molecule has 0 aliphatic heterocycles. The van der Waals surface area contributed by atoms with E-state index in [1.807, 2.05) is 17.0 Å². The summed E-state index contributed by atoms with van der Waals surface area (Å²) in [7, 11) is 0. The molecule has 2 rings (SSSR count). The van der Waals surface area contributed by atoms with Gasteiger partial charge >= 0.3 is 0 Å². The molecule has 1 N–H and O–H groups in total. The fraction of sp³-hybridized carbons (Fsp3) is 0.400. The third-order valence-corrected chi connectivity index (χ3v) is 4.09. The van der Waals surface area contributed by atoms with Gasteiger partial charge in [-0.25, -0.2) is 0 Å². The van der Waals surface area contributed by atoms with E-state index in [9.17, 15) is 4.79 Å². The highest BCUT2D eigenvalue weighted by Crippen LogP contribution is 2.22. The number of pyridine rings is 1. The van der Waals surface area contributed by atoms with Gasteiger partial charge in [-0.3, -0.25) is 4.79 Å². The summed E-state index contributed by atoms with van der Waals surface area (Å²) in [4.78, 5) is 12.4. The topological polar surface area (TPSA) is 33.0 Å². The summed E-state index contributed by atoms with van der Waals surface area (Å²) in [5, 5.41) is 3.11. The Labute approximate surface area is 139 Å². The minimum atomic E-state index is 0.0221. The lowest BCUT2D eigenvalue weighted by Gasteiger charge is -2.13. The lowest BCUT2D eigenvalue weighted by atomic mass is 10.0. The number of amides is 1. The average molecular weight is 311 g/mol. The van der Waals surface area contributed by atoms with Crippen LogP contribution in [0.25, 0.3) is 0 Å². The lowest BCUT2D eigenvalue weighted by molar-refractivity contribution is -0.684. The van der Waals surface area contributed by atoms with Crippen molar-refractivity contribution >= 4 is 11.6 Å². The van der Waals surface area contributed by atoms with Crippen molar-refractivity contribution < 1.29 is 9.36 Å². The van der Waals surface area contributed by atoms with Gasteiger partial charge in [0.05, 0.1) is 0 Å². The number of para-hydroxylation sites is 1. The first-order chi connectivity index (χ1) is 11.2. The number of aryl methyl sites for hydroxylation is 3. The van der Waals surface area contributed by atoms with Crippen molar-refractivity contribution in [3.63, 3.8) is 0 Å². The first kappa shape index (κ1) is 17.2. The summed E-state index contributed by atoms with van der Waals surface area (Å²) in [5.41, 5.74) is 4.70. The molecule has 3 nitrogen and oxygen atoms in total. The maximum Gasteiger partial charge on any atom is 0.290 e. The van der Waals surface area contributed by atoms with Crippen LogP contribution in [0.15, 0.2) is 42.7 Å². The Bertz CT molecular complexity index is 625. The van der Waals surface area contributed by atoms with Gasteiger partial charge in [-0.1, -0.05) is 45.4 Å². The largest absolute Gasteiger partial charge is 0.320 e. The standard InChI is InChI=1S/C20H26N2O/c1-4-8-16-11-13-22(14-12-16)15-19(23)21-20-17(5-2)9-7-10-18(20)6-3/h7,9-14H,4-6,8,15H2,1-3H3/p+1. The number of anilines is 1. The first-order valence-corrected chi connectivity index (χ1v) is 8.56. The maximum atomic E-state index is 12.4. The van der Waals surface area contributed by atoms with Crippen LogP contribution in [0.3, 0.4) is 0 Å². The predicted molar refractivity (Wildman–Crippen MR) is 94.5 cm³/mol. The van der Waals surface area contributed by atoms with Crippen LogP contribution < -0.4 is 9.88 Å². The molecule has 0 spiro atoms. The third-order valence-electron chi connectivity index (χ3n) is 4.09. The molecule has 1 aromatic carbocycles. The van der Waals surface area contributed by atoms with Gasteiger partial charge in [0.15, 0.2) is 12.4 Å². The molecular weight excluding hydrogens is 284 g/mol. The van der Waals surface area contributed by atoms with Gasteiger partial charge in [0, 0.05) is 17.8 Å². The van der Waals surface area contributed by atoms with Gasteiger partial charge < -0.3 is 5.32 Å². The van der Waals surface area contributed by atoms with Crippen LogP contribution in [0.2, 0.25) is 0 Å². The summed E-state index contributed by atoms with van der Waals surface area (Å²) >= 11 is 0. The molecule has 122 valence electrons. The van der Waals surface area contributed by atoms with Crippen LogP contribution in [0.1, 0.15) is 43.9 Å². The fourth-order valence-corrected chi connectivity index (χ4v) is 2.80. The van der Waals surface area contributed by atoms with E-state index in [2.05, 4.69) is 56.4 Å². The Morgan fingerprint density at radius 2 is 1.61 bits per heavy atom.